The number of halogens is 1. The number of amides is 2. The van der Waals surface area contributed by atoms with Crippen molar-refractivity contribution in [2.75, 3.05) is 10.2 Å². The van der Waals surface area contributed by atoms with Crippen LogP contribution >= 0.6 is 0 Å². The molecular formula is C16H13FN2O2. The first-order valence-electron chi connectivity index (χ1n) is 6.59. The number of carbonyl (C=O) groups excluding carboxylic acids is 2. The van der Waals surface area contributed by atoms with Crippen LogP contribution in [0.4, 0.5) is 15.8 Å². The van der Waals surface area contributed by atoms with Gasteiger partial charge >= 0.3 is 0 Å². The smallest absolute Gasteiger partial charge is 0.256 e. The molecule has 0 aromatic heterocycles. The van der Waals surface area contributed by atoms with E-state index in [4.69, 9.17) is 0 Å². The topological polar surface area (TPSA) is 49.4 Å². The van der Waals surface area contributed by atoms with Crippen LogP contribution in [0.15, 0.2) is 54.6 Å². The maximum Gasteiger partial charge on any atom is 0.256 e. The number of imide groups is 1. The number of hydrogen-bond acceptors (Lipinski definition) is 3. The number of hydrogen-bond donors (Lipinski definition) is 1. The maximum absolute atomic E-state index is 13.2. The second-order valence-corrected chi connectivity index (χ2v) is 4.81. The third-order valence-electron chi connectivity index (χ3n) is 3.33. The summed E-state index contributed by atoms with van der Waals surface area (Å²) in [5.74, 6) is -0.979. The van der Waals surface area contributed by atoms with Gasteiger partial charge < -0.3 is 5.32 Å². The molecular weight excluding hydrogens is 271 g/mol. The van der Waals surface area contributed by atoms with Gasteiger partial charge in [-0.2, -0.15) is 0 Å². The van der Waals surface area contributed by atoms with Gasteiger partial charge in [-0.3, -0.25) is 9.59 Å². The Balaban J connectivity index is 1.81. The van der Waals surface area contributed by atoms with Crippen molar-refractivity contribution < 1.29 is 14.0 Å². The van der Waals surface area contributed by atoms with Crippen LogP contribution in [0.1, 0.15) is 6.42 Å². The van der Waals surface area contributed by atoms with Crippen LogP contribution in [-0.2, 0) is 9.59 Å². The summed E-state index contributed by atoms with van der Waals surface area (Å²) in [6.45, 7) is 0. The number of benzene rings is 2. The predicted molar refractivity (Wildman–Crippen MR) is 77.4 cm³/mol. The van der Waals surface area contributed by atoms with Gasteiger partial charge in [0.1, 0.15) is 11.9 Å². The lowest BCUT2D eigenvalue weighted by molar-refractivity contribution is -0.121. The molecule has 2 aromatic rings. The summed E-state index contributed by atoms with van der Waals surface area (Å²) in [5.41, 5.74) is 1.03. The summed E-state index contributed by atoms with van der Waals surface area (Å²) in [4.78, 5) is 25.6. The summed E-state index contributed by atoms with van der Waals surface area (Å²) in [6, 6.07) is 13.9. The lowest BCUT2D eigenvalue weighted by Crippen LogP contribution is -2.34. The van der Waals surface area contributed by atoms with Crippen molar-refractivity contribution in [1.82, 2.24) is 0 Å². The fourth-order valence-corrected chi connectivity index (χ4v) is 2.37. The standard InChI is InChI=1S/C16H13FN2O2/c17-11-5-4-6-12(9-11)18-14-10-15(20)19(16(14)21)13-7-2-1-3-8-13/h1-9,14,18H,10H2/t14-/m0/s1. The van der Waals surface area contributed by atoms with Crippen LogP contribution in [0.25, 0.3) is 0 Å². The molecule has 21 heavy (non-hydrogen) atoms. The number of carbonyl (C=O) groups is 2. The minimum absolute atomic E-state index is 0.0598. The van der Waals surface area contributed by atoms with E-state index in [2.05, 4.69) is 5.32 Å². The average Bonchev–Trinajstić information content (AvgIpc) is 2.74. The highest BCUT2D eigenvalue weighted by atomic mass is 19.1. The molecule has 0 saturated carbocycles. The molecule has 1 N–H and O–H groups in total. The summed E-state index contributed by atoms with van der Waals surface area (Å²) in [7, 11) is 0. The SMILES string of the molecule is O=C1C[C@H](Nc2cccc(F)c2)C(=O)N1c1ccccc1. The number of para-hydroxylation sites is 1. The maximum atomic E-state index is 13.2. The minimum Gasteiger partial charge on any atom is -0.373 e. The monoisotopic (exact) mass is 284 g/mol. The van der Waals surface area contributed by atoms with E-state index in [1.54, 1.807) is 36.4 Å². The van der Waals surface area contributed by atoms with Crippen LogP contribution in [-0.4, -0.2) is 17.9 Å². The molecule has 1 saturated heterocycles. The average molecular weight is 284 g/mol. The Morgan fingerprint density at radius 1 is 1.05 bits per heavy atom. The molecule has 2 amide bonds. The zero-order valence-corrected chi connectivity index (χ0v) is 11.1. The molecule has 1 aliphatic rings. The van der Waals surface area contributed by atoms with Crippen molar-refractivity contribution >= 4 is 23.2 Å². The van der Waals surface area contributed by atoms with Gasteiger partial charge in [-0.1, -0.05) is 24.3 Å². The van der Waals surface area contributed by atoms with E-state index in [0.29, 0.717) is 11.4 Å². The summed E-state index contributed by atoms with van der Waals surface area (Å²) in [5, 5.41) is 2.91. The predicted octanol–water partition coefficient (Wildman–Crippen LogP) is 2.57. The van der Waals surface area contributed by atoms with E-state index in [1.165, 1.54) is 12.1 Å². The Morgan fingerprint density at radius 3 is 2.52 bits per heavy atom. The van der Waals surface area contributed by atoms with Gasteiger partial charge in [0.25, 0.3) is 5.91 Å². The zero-order valence-electron chi connectivity index (χ0n) is 11.1. The quantitative estimate of drug-likeness (QED) is 0.881. The van der Waals surface area contributed by atoms with E-state index in [-0.39, 0.29) is 18.2 Å². The van der Waals surface area contributed by atoms with Gasteiger partial charge in [-0.05, 0) is 30.3 Å². The van der Waals surface area contributed by atoms with Gasteiger partial charge in [-0.15, -0.1) is 0 Å². The Kier molecular flexibility index (Phi) is 3.39. The third-order valence-corrected chi connectivity index (χ3v) is 3.33. The fourth-order valence-electron chi connectivity index (χ4n) is 2.37. The first-order valence-corrected chi connectivity index (χ1v) is 6.59. The number of nitrogens with zero attached hydrogens (tertiary/aromatic N) is 1. The molecule has 2 aromatic carbocycles. The van der Waals surface area contributed by atoms with E-state index >= 15 is 0 Å². The summed E-state index contributed by atoms with van der Waals surface area (Å²) < 4.78 is 13.2. The van der Waals surface area contributed by atoms with Crippen molar-refractivity contribution in [3.05, 3.63) is 60.4 Å². The first kappa shape index (κ1) is 13.3. The van der Waals surface area contributed by atoms with Crippen LogP contribution in [0, 0.1) is 5.82 Å². The summed E-state index contributed by atoms with van der Waals surface area (Å²) >= 11 is 0. The highest BCUT2D eigenvalue weighted by molar-refractivity contribution is 6.23. The Bertz CT molecular complexity index is 688. The van der Waals surface area contributed by atoms with Crippen LogP contribution in [0.5, 0.6) is 0 Å². The van der Waals surface area contributed by atoms with Gasteiger partial charge in [-0.25, -0.2) is 9.29 Å². The molecule has 0 aliphatic carbocycles. The largest absolute Gasteiger partial charge is 0.373 e. The van der Waals surface area contributed by atoms with Crippen molar-refractivity contribution in [1.29, 1.82) is 0 Å². The van der Waals surface area contributed by atoms with Gasteiger partial charge in [0.15, 0.2) is 0 Å². The third kappa shape index (κ3) is 2.63. The Morgan fingerprint density at radius 2 is 1.81 bits per heavy atom. The molecule has 3 rings (SSSR count). The van der Waals surface area contributed by atoms with E-state index in [0.717, 1.165) is 4.90 Å². The Hall–Kier alpha value is -2.69. The normalized spacial score (nSPS) is 18.1. The van der Waals surface area contributed by atoms with E-state index in [1.807, 2.05) is 6.07 Å². The van der Waals surface area contributed by atoms with Crippen LogP contribution < -0.4 is 10.2 Å². The van der Waals surface area contributed by atoms with Gasteiger partial charge in [0.05, 0.1) is 12.1 Å². The molecule has 1 heterocycles. The second-order valence-electron chi connectivity index (χ2n) is 4.81. The van der Waals surface area contributed by atoms with E-state index < -0.39 is 11.9 Å². The summed E-state index contributed by atoms with van der Waals surface area (Å²) in [6.07, 6.45) is 0.0598. The van der Waals surface area contributed by atoms with Crippen LogP contribution in [0.2, 0.25) is 0 Å². The second kappa shape index (κ2) is 5.36. The molecule has 1 fully saturated rings. The van der Waals surface area contributed by atoms with Crippen molar-refractivity contribution in [3.63, 3.8) is 0 Å². The van der Waals surface area contributed by atoms with Gasteiger partial charge in [0, 0.05) is 5.69 Å². The fraction of sp³-hybridized carbons (Fsp3) is 0.125. The molecule has 5 heteroatoms. The molecule has 1 aliphatic heterocycles. The zero-order chi connectivity index (χ0) is 14.8. The molecule has 0 bridgehead atoms. The highest BCUT2D eigenvalue weighted by Crippen LogP contribution is 2.24. The van der Waals surface area contributed by atoms with Crippen molar-refractivity contribution in [3.8, 4) is 0 Å². The molecule has 0 unspecified atom stereocenters. The van der Waals surface area contributed by atoms with Gasteiger partial charge in [0.2, 0.25) is 5.91 Å². The molecule has 1 atom stereocenters. The highest BCUT2D eigenvalue weighted by Gasteiger charge is 2.39. The van der Waals surface area contributed by atoms with Crippen LogP contribution in [0.3, 0.4) is 0 Å². The van der Waals surface area contributed by atoms with Crippen molar-refractivity contribution in [2.24, 2.45) is 0 Å². The molecule has 4 nitrogen and oxygen atoms in total. The molecule has 106 valence electrons. The lowest BCUT2D eigenvalue weighted by atomic mass is 10.2. The van der Waals surface area contributed by atoms with E-state index in [9.17, 15) is 14.0 Å². The molecule has 0 spiro atoms. The first-order chi connectivity index (χ1) is 10.1. The van der Waals surface area contributed by atoms with Crippen molar-refractivity contribution in [2.45, 2.75) is 12.5 Å². The Labute approximate surface area is 121 Å². The minimum atomic E-state index is -0.667. The molecule has 0 radical (unpaired) electrons. The lowest BCUT2D eigenvalue weighted by Gasteiger charge is -2.16. The number of anilines is 2. The number of nitrogens with one attached hydrogen (secondary N) is 1. The number of rotatable bonds is 3.